The van der Waals surface area contributed by atoms with E-state index in [1.165, 1.54) is 12.3 Å². The standard InChI is InChI=1S/C17H18N2O4S/c1-17(2)15(21)14(22-10-5-6-19-13(20)8-10)11-7-9(16(18)24)3-4-12(11)23-17/h3-8,14-15,21H,1-2H3,(H2,18,24)(H,19,20)/t14-,15+/m1/s1. The number of nitrogens with two attached hydrogens (primary N) is 1. The predicted molar refractivity (Wildman–Crippen MR) is 93.5 cm³/mol. The number of hydrogen-bond acceptors (Lipinski definition) is 5. The van der Waals surface area contributed by atoms with Crippen molar-refractivity contribution in [2.45, 2.75) is 31.7 Å². The fourth-order valence-electron chi connectivity index (χ4n) is 2.67. The van der Waals surface area contributed by atoms with E-state index in [-0.39, 0.29) is 10.5 Å². The maximum atomic E-state index is 11.5. The van der Waals surface area contributed by atoms with Crippen molar-refractivity contribution in [2.75, 3.05) is 0 Å². The van der Waals surface area contributed by atoms with Gasteiger partial charge >= 0.3 is 0 Å². The van der Waals surface area contributed by atoms with Crippen LogP contribution in [-0.4, -0.2) is 26.8 Å². The first-order valence-electron chi connectivity index (χ1n) is 7.44. The molecular formula is C17H18N2O4S. The molecule has 0 radical (unpaired) electrons. The lowest BCUT2D eigenvalue weighted by atomic mass is 9.87. The molecule has 1 aliphatic heterocycles. The first-order valence-corrected chi connectivity index (χ1v) is 7.85. The highest BCUT2D eigenvalue weighted by molar-refractivity contribution is 7.80. The number of benzene rings is 1. The van der Waals surface area contributed by atoms with Crippen LogP contribution in [0.2, 0.25) is 0 Å². The average molecular weight is 346 g/mol. The van der Waals surface area contributed by atoms with E-state index in [0.717, 1.165) is 0 Å². The summed E-state index contributed by atoms with van der Waals surface area (Å²) in [5.41, 5.74) is 5.83. The maximum absolute atomic E-state index is 11.5. The van der Waals surface area contributed by atoms with Crippen LogP contribution in [0.5, 0.6) is 11.5 Å². The van der Waals surface area contributed by atoms with Gasteiger partial charge in [0, 0.05) is 23.4 Å². The van der Waals surface area contributed by atoms with Crippen LogP contribution in [0.25, 0.3) is 0 Å². The monoisotopic (exact) mass is 346 g/mol. The Hall–Kier alpha value is -2.38. The summed E-state index contributed by atoms with van der Waals surface area (Å²) >= 11 is 5.02. The molecule has 1 aliphatic rings. The van der Waals surface area contributed by atoms with Crippen LogP contribution >= 0.6 is 12.2 Å². The summed E-state index contributed by atoms with van der Waals surface area (Å²) in [5.74, 6) is 0.937. The molecule has 1 aromatic carbocycles. The Bertz CT molecular complexity index is 846. The molecule has 126 valence electrons. The van der Waals surface area contributed by atoms with Crippen molar-refractivity contribution in [1.82, 2.24) is 4.98 Å². The van der Waals surface area contributed by atoms with Gasteiger partial charge < -0.3 is 25.3 Å². The third kappa shape index (κ3) is 3.00. The quantitative estimate of drug-likeness (QED) is 0.731. The van der Waals surface area contributed by atoms with Crippen LogP contribution in [-0.2, 0) is 0 Å². The lowest BCUT2D eigenvalue weighted by Crippen LogP contribution is -2.50. The number of pyridine rings is 1. The Morgan fingerprint density at radius 1 is 1.38 bits per heavy atom. The van der Waals surface area contributed by atoms with Crippen LogP contribution < -0.4 is 20.8 Å². The van der Waals surface area contributed by atoms with Crippen molar-refractivity contribution >= 4 is 17.2 Å². The minimum atomic E-state index is -0.953. The second-order valence-corrected chi connectivity index (χ2v) is 6.63. The molecule has 3 rings (SSSR count). The molecule has 1 aromatic heterocycles. The topological polar surface area (TPSA) is 97.6 Å². The van der Waals surface area contributed by atoms with Gasteiger partial charge in [-0.05, 0) is 38.1 Å². The molecule has 2 aromatic rings. The number of fused-ring (bicyclic) bond motifs is 1. The summed E-state index contributed by atoms with van der Waals surface area (Å²) in [6.07, 6.45) is -0.188. The zero-order valence-corrected chi connectivity index (χ0v) is 14.1. The van der Waals surface area contributed by atoms with E-state index in [4.69, 9.17) is 27.4 Å². The van der Waals surface area contributed by atoms with E-state index in [2.05, 4.69) is 4.98 Å². The van der Waals surface area contributed by atoms with Gasteiger partial charge in [0.2, 0.25) is 0 Å². The van der Waals surface area contributed by atoms with E-state index in [0.29, 0.717) is 22.6 Å². The smallest absolute Gasteiger partial charge is 0.251 e. The van der Waals surface area contributed by atoms with Crippen molar-refractivity contribution in [3.05, 3.63) is 58.0 Å². The van der Waals surface area contributed by atoms with Gasteiger partial charge in [0.15, 0.2) is 6.10 Å². The summed E-state index contributed by atoms with van der Waals surface area (Å²) in [4.78, 5) is 14.2. The Labute approximate surface area is 144 Å². The van der Waals surface area contributed by atoms with E-state index < -0.39 is 17.8 Å². The molecule has 0 fully saturated rings. The number of hydrogen-bond donors (Lipinski definition) is 3. The summed E-state index contributed by atoms with van der Waals surface area (Å²) in [6.45, 7) is 3.55. The van der Waals surface area contributed by atoms with Crippen LogP contribution in [0, 0.1) is 0 Å². The van der Waals surface area contributed by atoms with Crippen LogP contribution in [0.4, 0.5) is 0 Å². The molecule has 0 amide bonds. The Morgan fingerprint density at radius 3 is 2.79 bits per heavy atom. The lowest BCUT2D eigenvalue weighted by molar-refractivity contribution is -0.103. The summed E-state index contributed by atoms with van der Waals surface area (Å²) in [5, 5.41) is 10.7. The van der Waals surface area contributed by atoms with Crippen LogP contribution in [0.3, 0.4) is 0 Å². The zero-order valence-electron chi connectivity index (χ0n) is 13.3. The highest BCUT2D eigenvalue weighted by Gasteiger charge is 2.44. The fraction of sp³-hybridized carbons (Fsp3) is 0.294. The number of thiocarbonyl (C=S) groups is 1. The largest absolute Gasteiger partial charge is 0.485 e. The maximum Gasteiger partial charge on any atom is 0.251 e. The van der Waals surface area contributed by atoms with Crippen LogP contribution in [0.1, 0.15) is 31.1 Å². The molecule has 0 bridgehead atoms. The number of aromatic nitrogens is 1. The first-order chi connectivity index (χ1) is 11.3. The SMILES string of the molecule is CC1(C)Oc2ccc(C(N)=S)cc2[C@@H](Oc2cc[nH]c(=O)c2)[C@@H]1O. The van der Waals surface area contributed by atoms with E-state index in [9.17, 15) is 9.90 Å². The van der Waals surface area contributed by atoms with Crippen LogP contribution in [0.15, 0.2) is 41.3 Å². The number of rotatable bonds is 3. The van der Waals surface area contributed by atoms with Crippen molar-refractivity contribution in [3.8, 4) is 11.5 Å². The molecule has 0 unspecified atom stereocenters. The first kappa shape index (κ1) is 16.5. The minimum Gasteiger partial charge on any atom is -0.485 e. The molecule has 0 aliphatic carbocycles. The van der Waals surface area contributed by atoms with Crippen molar-refractivity contribution < 1.29 is 14.6 Å². The minimum absolute atomic E-state index is 0.243. The predicted octanol–water partition coefficient (Wildman–Crippen LogP) is 1.66. The fourth-order valence-corrected chi connectivity index (χ4v) is 2.80. The van der Waals surface area contributed by atoms with E-state index in [1.807, 2.05) is 0 Å². The summed E-state index contributed by atoms with van der Waals surface area (Å²) < 4.78 is 11.8. The molecule has 6 nitrogen and oxygen atoms in total. The highest BCUT2D eigenvalue weighted by atomic mass is 32.1. The third-order valence-corrected chi connectivity index (χ3v) is 4.22. The summed E-state index contributed by atoms with van der Waals surface area (Å²) in [7, 11) is 0. The normalized spacial score (nSPS) is 21.5. The van der Waals surface area contributed by atoms with E-state index >= 15 is 0 Å². The second kappa shape index (κ2) is 5.92. The van der Waals surface area contributed by atoms with Gasteiger partial charge in [-0.15, -0.1) is 0 Å². The summed E-state index contributed by atoms with van der Waals surface area (Å²) in [6, 6.07) is 8.21. The Morgan fingerprint density at radius 2 is 2.12 bits per heavy atom. The number of ether oxygens (including phenoxy) is 2. The van der Waals surface area contributed by atoms with Gasteiger partial charge in [0.1, 0.15) is 28.2 Å². The average Bonchev–Trinajstić information content (AvgIpc) is 2.51. The van der Waals surface area contributed by atoms with Gasteiger partial charge in [0.25, 0.3) is 5.56 Å². The zero-order chi connectivity index (χ0) is 17.5. The number of nitrogens with one attached hydrogen (secondary N) is 1. The highest BCUT2D eigenvalue weighted by Crippen LogP contribution is 2.42. The van der Waals surface area contributed by atoms with Crippen molar-refractivity contribution in [1.29, 1.82) is 0 Å². The molecule has 7 heteroatoms. The van der Waals surface area contributed by atoms with E-state index in [1.54, 1.807) is 38.1 Å². The number of aliphatic hydroxyl groups excluding tert-OH is 1. The van der Waals surface area contributed by atoms with Gasteiger partial charge in [-0.1, -0.05) is 12.2 Å². The van der Waals surface area contributed by atoms with Gasteiger partial charge in [-0.25, -0.2) is 0 Å². The molecule has 0 spiro atoms. The Kier molecular flexibility index (Phi) is 4.06. The van der Waals surface area contributed by atoms with Crippen molar-refractivity contribution in [2.24, 2.45) is 5.73 Å². The molecule has 24 heavy (non-hydrogen) atoms. The van der Waals surface area contributed by atoms with Gasteiger partial charge in [-0.2, -0.15) is 0 Å². The molecule has 0 saturated carbocycles. The van der Waals surface area contributed by atoms with Gasteiger partial charge in [0.05, 0.1) is 0 Å². The number of H-pyrrole nitrogens is 1. The molecule has 4 N–H and O–H groups in total. The van der Waals surface area contributed by atoms with Gasteiger partial charge in [-0.3, -0.25) is 4.79 Å². The Balaban J connectivity index is 2.07. The van der Waals surface area contributed by atoms with Crippen molar-refractivity contribution in [3.63, 3.8) is 0 Å². The lowest BCUT2D eigenvalue weighted by Gasteiger charge is -2.41. The third-order valence-electron chi connectivity index (χ3n) is 3.98. The molecule has 0 saturated heterocycles. The molecule has 2 heterocycles. The number of aliphatic hydroxyl groups is 1. The second-order valence-electron chi connectivity index (χ2n) is 6.19. The molecule has 2 atom stereocenters. The molecular weight excluding hydrogens is 328 g/mol. The number of aromatic amines is 1.